The molecule has 48 valence electrons. The van der Waals surface area contributed by atoms with Crippen LogP contribution in [-0.2, 0) is 8.26 Å². The molecule has 6 heteroatoms. The van der Waals surface area contributed by atoms with Gasteiger partial charge in [-0.3, -0.25) is 0 Å². The molecule has 0 aliphatic heterocycles. The third kappa shape index (κ3) is 379000. The molecular formula is C2H3Cl2NO2S. The van der Waals surface area contributed by atoms with Crippen LogP contribution in [0.1, 0.15) is 6.92 Å². The molecule has 0 aromatic heterocycles. The van der Waals surface area contributed by atoms with Gasteiger partial charge in [0, 0.05) is 28.3 Å². The molecule has 0 heterocycles. The standard InChI is InChI=1S/C2H3N.Cl2O2S/c1-2-3;1-5(2,3)4/h1H3;. The van der Waals surface area contributed by atoms with E-state index >= 15 is 0 Å². The van der Waals surface area contributed by atoms with Crippen LogP contribution >= 0.6 is 21.4 Å². The van der Waals surface area contributed by atoms with Crippen LogP contribution in [0.5, 0.6) is 0 Å². The maximum absolute atomic E-state index is 9.16. The van der Waals surface area contributed by atoms with Gasteiger partial charge in [-0.25, -0.2) is 0 Å². The average molecular weight is 176 g/mol. The summed E-state index contributed by atoms with van der Waals surface area (Å²) in [5.41, 5.74) is 0. The van der Waals surface area contributed by atoms with Gasteiger partial charge in [0.05, 0.1) is 6.07 Å². The minimum absolute atomic E-state index is 1.43. The van der Waals surface area contributed by atoms with Crippen molar-refractivity contribution in [3.8, 4) is 6.07 Å². The van der Waals surface area contributed by atoms with Crippen LogP contribution in [0.2, 0.25) is 0 Å². The van der Waals surface area contributed by atoms with Crippen molar-refractivity contribution in [2.24, 2.45) is 0 Å². The van der Waals surface area contributed by atoms with E-state index in [2.05, 4.69) is 21.4 Å². The highest BCUT2D eigenvalue weighted by molar-refractivity contribution is 8.31. The van der Waals surface area contributed by atoms with Crippen molar-refractivity contribution in [3.63, 3.8) is 0 Å². The number of hydrogen-bond donors (Lipinski definition) is 0. The number of nitriles is 1. The highest BCUT2D eigenvalue weighted by Gasteiger charge is 1.88. The molecular weight excluding hydrogens is 173 g/mol. The molecule has 0 aromatic carbocycles. The van der Waals surface area contributed by atoms with E-state index in [1.54, 1.807) is 6.07 Å². The predicted molar refractivity (Wildman–Crippen MR) is 31.9 cm³/mol. The number of halogens is 2. The van der Waals surface area contributed by atoms with Gasteiger partial charge in [0.2, 0.25) is 0 Å². The molecule has 0 amide bonds. The maximum atomic E-state index is 9.16. The van der Waals surface area contributed by atoms with Crippen LogP contribution in [0.15, 0.2) is 0 Å². The van der Waals surface area contributed by atoms with Gasteiger partial charge in [-0.2, -0.15) is 13.7 Å². The fraction of sp³-hybridized carbons (Fsp3) is 0.500. The Hall–Kier alpha value is 0.0200. The zero-order valence-electron chi connectivity index (χ0n) is 3.93. The Labute approximate surface area is 56.7 Å². The lowest BCUT2D eigenvalue weighted by Crippen LogP contribution is -1.63. The Morgan fingerprint density at radius 3 is 1.50 bits per heavy atom. The van der Waals surface area contributed by atoms with Crippen molar-refractivity contribution in [2.45, 2.75) is 6.92 Å². The topological polar surface area (TPSA) is 57.9 Å². The summed E-state index contributed by atoms with van der Waals surface area (Å²) in [5, 5.41) is 7.32. The monoisotopic (exact) mass is 175 g/mol. The van der Waals surface area contributed by atoms with Gasteiger partial charge in [-0.05, 0) is 0 Å². The number of nitrogens with zero attached hydrogens (tertiary/aromatic N) is 1. The van der Waals surface area contributed by atoms with E-state index < -0.39 is 8.26 Å². The second-order valence-corrected chi connectivity index (χ2v) is 4.27. The van der Waals surface area contributed by atoms with Crippen molar-refractivity contribution in [1.82, 2.24) is 0 Å². The van der Waals surface area contributed by atoms with Crippen LogP contribution in [0.4, 0.5) is 0 Å². The van der Waals surface area contributed by atoms with Crippen LogP contribution in [0, 0.1) is 11.3 Å². The summed E-state index contributed by atoms with van der Waals surface area (Å²) in [4.78, 5) is 0. The van der Waals surface area contributed by atoms with Crippen molar-refractivity contribution >= 4 is 29.6 Å². The molecule has 8 heavy (non-hydrogen) atoms. The van der Waals surface area contributed by atoms with E-state index in [0.717, 1.165) is 0 Å². The van der Waals surface area contributed by atoms with Gasteiger partial charge < -0.3 is 0 Å². The summed E-state index contributed by atoms with van der Waals surface area (Å²) < 4.78 is 18.3. The fourth-order valence-corrected chi connectivity index (χ4v) is 0. The summed E-state index contributed by atoms with van der Waals surface area (Å²) in [6.45, 7) is 1.43. The number of rotatable bonds is 0. The van der Waals surface area contributed by atoms with Crippen molar-refractivity contribution in [3.05, 3.63) is 0 Å². The van der Waals surface area contributed by atoms with E-state index in [1.807, 2.05) is 0 Å². The average Bonchev–Trinajstić information content (AvgIpc) is 1.27. The Balaban J connectivity index is 0. The highest BCUT2D eigenvalue weighted by Crippen LogP contribution is 1.98. The van der Waals surface area contributed by atoms with Crippen molar-refractivity contribution in [1.29, 1.82) is 5.26 Å². The third-order valence-electron chi connectivity index (χ3n) is 0. The smallest absolute Gasteiger partial charge is 0.199 e. The summed E-state index contributed by atoms with van der Waals surface area (Å²) in [6.07, 6.45) is 0. The molecule has 0 radical (unpaired) electrons. The quantitative estimate of drug-likeness (QED) is 0.521. The first kappa shape index (κ1) is 10.9. The molecule has 0 rings (SSSR count). The summed E-state index contributed by atoms with van der Waals surface area (Å²) >= 11 is 0. The predicted octanol–water partition coefficient (Wildman–Crippen LogP) is 1.24. The molecule has 0 saturated carbocycles. The largest absolute Gasteiger partial charge is 0.317 e. The molecule has 0 spiro atoms. The Morgan fingerprint density at radius 2 is 1.50 bits per heavy atom. The van der Waals surface area contributed by atoms with Crippen LogP contribution < -0.4 is 0 Å². The first-order valence-corrected chi connectivity index (χ1v) is 4.50. The van der Waals surface area contributed by atoms with E-state index in [4.69, 9.17) is 13.7 Å². The molecule has 0 saturated heterocycles. The minimum atomic E-state index is -3.72. The molecule has 0 fully saturated rings. The number of hydrogen-bond acceptors (Lipinski definition) is 3. The summed E-state index contributed by atoms with van der Waals surface area (Å²) in [5.74, 6) is 0. The molecule has 0 unspecified atom stereocenters. The van der Waals surface area contributed by atoms with E-state index in [-0.39, 0.29) is 0 Å². The van der Waals surface area contributed by atoms with Crippen LogP contribution in [0.25, 0.3) is 0 Å². The van der Waals surface area contributed by atoms with Gasteiger partial charge in [0.1, 0.15) is 0 Å². The van der Waals surface area contributed by atoms with Gasteiger partial charge in [-0.1, -0.05) is 0 Å². The second kappa shape index (κ2) is 5.16. The van der Waals surface area contributed by atoms with E-state index in [0.29, 0.717) is 0 Å². The summed E-state index contributed by atoms with van der Waals surface area (Å²) in [6, 6.07) is 1.75. The van der Waals surface area contributed by atoms with Crippen LogP contribution in [0.3, 0.4) is 0 Å². The summed E-state index contributed by atoms with van der Waals surface area (Å²) in [7, 11) is 4.81. The van der Waals surface area contributed by atoms with E-state index in [1.165, 1.54) is 6.92 Å². The Bertz CT molecular complexity index is 159. The Morgan fingerprint density at radius 1 is 1.50 bits per heavy atom. The van der Waals surface area contributed by atoms with Gasteiger partial charge in [0.15, 0.2) is 0 Å². The van der Waals surface area contributed by atoms with Crippen LogP contribution in [-0.4, -0.2) is 8.42 Å². The molecule has 0 bridgehead atoms. The minimum Gasteiger partial charge on any atom is -0.199 e. The maximum Gasteiger partial charge on any atom is 0.317 e. The SMILES string of the molecule is CC#N.O=S(=O)(Cl)Cl. The van der Waals surface area contributed by atoms with Crippen molar-refractivity contribution < 1.29 is 8.42 Å². The lowest BCUT2D eigenvalue weighted by Gasteiger charge is -1.61. The molecule has 0 atom stereocenters. The molecule has 0 aliphatic carbocycles. The van der Waals surface area contributed by atoms with Gasteiger partial charge in [-0.15, -0.1) is 0 Å². The molecule has 3 nitrogen and oxygen atoms in total. The first-order valence-electron chi connectivity index (χ1n) is 1.37. The lowest BCUT2D eigenvalue weighted by atomic mass is 11.0. The molecule has 0 aromatic rings. The second-order valence-electron chi connectivity index (χ2n) is 0.602. The molecule has 0 N–H and O–H groups in total. The third-order valence-corrected chi connectivity index (χ3v) is 0. The zero-order valence-corrected chi connectivity index (χ0v) is 6.26. The normalized spacial score (nSPS) is 8.25. The molecule has 0 aliphatic rings. The fourth-order valence-electron chi connectivity index (χ4n) is 0. The highest BCUT2D eigenvalue weighted by atomic mass is 36.0. The van der Waals surface area contributed by atoms with Crippen molar-refractivity contribution in [2.75, 3.05) is 0 Å². The Kier molecular flexibility index (Phi) is 7.04. The first-order chi connectivity index (χ1) is 3.41. The van der Waals surface area contributed by atoms with Gasteiger partial charge >= 0.3 is 8.26 Å². The van der Waals surface area contributed by atoms with E-state index in [9.17, 15) is 0 Å². The zero-order chi connectivity index (χ0) is 7.21. The lowest BCUT2D eigenvalue weighted by molar-refractivity contribution is 0.621. The van der Waals surface area contributed by atoms with Gasteiger partial charge in [0.25, 0.3) is 0 Å².